The monoisotopic (exact) mass is 272 g/mol. The number of thiophene rings is 1. The van der Waals surface area contributed by atoms with Crippen LogP contribution in [0.15, 0.2) is 16.5 Å². The van der Waals surface area contributed by atoms with E-state index in [1.165, 1.54) is 16.2 Å². The highest BCUT2D eigenvalue weighted by molar-refractivity contribution is 7.16. The molecular formula is C14H12N2O2S. The maximum absolute atomic E-state index is 12.0. The average Bonchev–Trinajstić information content (AvgIpc) is 3.04. The summed E-state index contributed by atoms with van der Waals surface area (Å²) < 4.78 is 5.28. The summed E-state index contributed by atoms with van der Waals surface area (Å²) in [5, 5.41) is 12.7. The van der Waals surface area contributed by atoms with Crippen LogP contribution < -0.4 is 5.32 Å². The van der Waals surface area contributed by atoms with E-state index in [1.54, 1.807) is 19.1 Å². The highest BCUT2D eigenvalue weighted by Crippen LogP contribution is 2.38. The van der Waals surface area contributed by atoms with Gasteiger partial charge in [-0.25, -0.2) is 0 Å². The third-order valence-electron chi connectivity index (χ3n) is 3.22. The Balaban J connectivity index is 1.88. The minimum atomic E-state index is -0.301. The lowest BCUT2D eigenvalue weighted by Crippen LogP contribution is -2.10. The van der Waals surface area contributed by atoms with Crippen LogP contribution in [0.1, 0.15) is 38.7 Å². The number of nitrogens with one attached hydrogen (secondary N) is 1. The van der Waals surface area contributed by atoms with Crippen molar-refractivity contribution in [1.29, 1.82) is 5.26 Å². The molecule has 0 saturated carbocycles. The molecule has 1 amide bonds. The maximum Gasteiger partial charge on any atom is 0.292 e. The number of anilines is 1. The molecule has 0 saturated heterocycles. The molecular weight excluding hydrogens is 260 g/mol. The molecule has 2 aromatic heterocycles. The van der Waals surface area contributed by atoms with E-state index < -0.39 is 0 Å². The number of amides is 1. The summed E-state index contributed by atoms with van der Waals surface area (Å²) in [6.07, 6.45) is 3.04. The number of rotatable bonds is 2. The highest BCUT2D eigenvalue weighted by Gasteiger charge is 2.23. The molecule has 0 radical (unpaired) electrons. The van der Waals surface area contributed by atoms with Crippen LogP contribution in [-0.2, 0) is 12.8 Å². The highest BCUT2D eigenvalue weighted by atomic mass is 32.1. The number of carbonyl (C=O) groups excluding carboxylic acids is 1. The standard InChI is InChI=1S/C14H12N2O2S/c1-8-5-6-11(18-8)13(17)16-14-10(7-15)9-3-2-4-12(9)19-14/h5-6H,2-4H2,1H3,(H,16,17). The lowest BCUT2D eigenvalue weighted by Gasteiger charge is -2.01. The normalized spacial score (nSPS) is 13.1. The number of furan rings is 1. The van der Waals surface area contributed by atoms with Gasteiger partial charge in [-0.1, -0.05) is 0 Å². The summed E-state index contributed by atoms with van der Waals surface area (Å²) in [6.45, 7) is 1.79. The Kier molecular flexibility index (Phi) is 2.88. The lowest BCUT2D eigenvalue weighted by atomic mass is 10.1. The quantitative estimate of drug-likeness (QED) is 0.912. The van der Waals surface area contributed by atoms with Gasteiger partial charge in [0.1, 0.15) is 16.8 Å². The Morgan fingerprint density at radius 2 is 2.32 bits per heavy atom. The summed E-state index contributed by atoms with van der Waals surface area (Å²) in [4.78, 5) is 13.2. The van der Waals surface area contributed by atoms with Gasteiger partial charge >= 0.3 is 0 Å². The largest absolute Gasteiger partial charge is 0.456 e. The first kappa shape index (κ1) is 12.0. The number of aryl methyl sites for hydroxylation is 2. The van der Waals surface area contributed by atoms with Gasteiger partial charge < -0.3 is 9.73 Å². The summed E-state index contributed by atoms with van der Waals surface area (Å²) >= 11 is 1.51. The van der Waals surface area contributed by atoms with Crippen molar-refractivity contribution < 1.29 is 9.21 Å². The van der Waals surface area contributed by atoms with E-state index in [9.17, 15) is 10.1 Å². The first-order chi connectivity index (χ1) is 9.19. The molecule has 2 aromatic rings. The zero-order chi connectivity index (χ0) is 13.4. The molecule has 2 heterocycles. The molecule has 3 rings (SSSR count). The summed E-state index contributed by atoms with van der Waals surface area (Å²) in [6, 6.07) is 5.58. The molecule has 19 heavy (non-hydrogen) atoms. The first-order valence-corrected chi connectivity index (χ1v) is 6.93. The Bertz CT molecular complexity index is 691. The van der Waals surface area contributed by atoms with Crippen LogP contribution in [0.3, 0.4) is 0 Å². The first-order valence-electron chi connectivity index (χ1n) is 6.11. The number of carbonyl (C=O) groups is 1. The van der Waals surface area contributed by atoms with Crippen LogP contribution in [0.25, 0.3) is 0 Å². The van der Waals surface area contributed by atoms with Crippen molar-refractivity contribution in [3.8, 4) is 6.07 Å². The van der Waals surface area contributed by atoms with E-state index in [0.717, 1.165) is 24.8 Å². The van der Waals surface area contributed by atoms with Crippen molar-refractivity contribution in [2.75, 3.05) is 5.32 Å². The number of nitrogens with zero attached hydrogens (tertiary/aromatic N) is 1. The van der Waals surface area contributed by atoms with E-state index in [1.807, 2.05) is 0 Å². The Morgan fingerprint density at radius 3 is 3.00 bits per heavy atom. The average molecular weight is 272 g/mol. The molecule has 0 aliphatic heterocycles. The lowest BCUT2D eigenvalue weighted by molar-refractivity contribution is 0.0996. The second-order valence-corrected chi connectivity index (χ2v) is 5.64. The van der Waals surface area contributed by atoms with Crippen molar-refractivity contribution in [1.82, 2.24) is 0 Å². The zero-order valence-electron chi connectivity index (χ0n) is 10.4. The summed E-state index contributed by atoms with van der Waals surface area (Å²) in [5.74, 6) is 0.666. The van der Waals surface area contributed by atoms with Crippen LogP contribution in [0.2, 0.25) is 0 Å². The van der Waals surface area contributed by atoms with Gasteiger partial charge in [0, 0.05) is 4.88 Å². The maximum atomic E-state index is 12.0. The van der Waals surface area contributed by atoms with Crippen molar-refractivity contribution in [3.05, 3.63) is 39.7 Å². The predicted octanol–water partition coefficient (Wildman–Crippen LogP) is 3.26. The number of nitriles is 1. The summed E-state index contributed by atoms with van der Waals surface area (Å²) in [7, 11) is 0. The molecule has 4 nitrogen and oxygen atoms in total. The number of hydrogen-bond donors (Lipinski definition) is 1. The fourth-order valence-electron chi connectivity index (χ4n) is 2.33. The molecule has 0 fully saturated rings. The van der Waals surface area contributed by atoms with Gasteiger partial charge in [-0.15, -0.1) is 11.3 Å². The third kappa shape index (κ3) is 2.04. The van der Waals surface area contributed by atoms with Crippen molar-refractivity contribution in [2.45, 2.75) is 26.2 Å². The molecule has 0 aromatic carbocycles. The predicted molar refractivity (Wildman–Crippen MR) is 72.5 cm³/mol. The van der Waals surface area contributed by atoms with E-state index in [2.05, 4.69) is 11.4 Å². The van der Waals surface area contributed by atoms with E-state index in [-0.39, 0.29) is 11.7 Å². The van der Waals surface area contributed by atoms with E-state index in [4.69, 9.17) is 4.42 Å². The minimum Gasteiger partial charge on any atom is -0.456 e. The number of hydrogen-bond acceptors (Lipinski definition) is 4. The molecule has 0 unspecified atom stereocenters. The fraction of sp³-hybridized carbons (Fsp3) is 0.286. The Morgan fingerprint density at radius 1 is 1.47 bits per heavy atom. The van der Waals surface area contributed by atoms with Crippen LogP contribution >= 0.6 is 11.3 Å². The zero-order valence-corrected chi connectivity index (χ0v) is 11.3. The Labute approximate surface area is 114 Å². The summed E-state index contributed by atoms with van der Waals surface area (Å²) in [5.41, 5.74) is 1.73. The molecule has 1 N–H and O–H groups in total. The van der Waals surface area contributed by atoms with Gasteiger partial charge in [0.05, 0.1) is 5.56 Å². The van der Waals surface area contributed by atoms with E-state index >= 15 is 0 Å². The fourth-order valence-corrected chi connectivity index (χ4v) is 3.57. The number of fused-ring (bicyclic) bond motifs is 1. The van der Waals surface area contributed by atoms with Gasteiger partial charge in [-0.2, -0.15) is 5.26 Å². The smallest absolute Gasteiger partial charge is 0.292 e. The van der Waals surface area contributed by atoms with Gasteiger partial charge in [-0.05, 0) is 43.9 Å². The molecule has 0 spiro atoms. The van der Waals surface area contributed by atoms with Crippen molar-refractivity contribution in [3.63, 3.8) is 0 Å². The van der Waals surface area contributed by atoms with Gasteiger partial charge in [0.25, 0.3) is 5.91 Å². The SMILES string of the molecule is Cc1ccc(C(=O)Nc2sc3c(c2C#N)CCC3)o1. The van der Waals surface area contributed by atoms with Crippen LogP contribution in [0.5, 0.6) is 0 Å². The Hall–Kier alpha value is -2.06. The molecule has 1 aliphatic carbocycles. The second-order valence-electron chi connectivity index (χ2n) is 4.54. The topological polar surface area (TPSA) is 66.0 Å². The molecule has 0 bridgehead atoms. The molecule has 0 atom stereocenters. The third-order valence-corrected chi connectivity index (χ3v) is 4.43. The van der Waals surface area contributed by atoms with Gasteiger partial charge in [0.15, 0.2) is 5.76 Å². The van der Waals surface area contributed by atoms with Crippen molar-refractivity contribution in [2.24, 2.45) is 0 Å². The van der Waals surface area contributed by atoms with E-state index in [0.29, 0.717) is 16.3 Å². The molecule has 96 valence electrons. The molecule has 1 aliphatic rings. The van der Waals surface area contributed by atoms with Gasteiger partial charge in [-0.3, -0.25) is 4.79 Å². The van der Waals surface area contributed by atoms with Crippen LogP contribution in [-0.4, -0.2) is 5.91 Å². The van der Waals surface area contributed by atoms with Crippen molar-refractivity contribution >= 4 is 22.2 Å². The minimum absolute atomic E-state index is 0.273. The second kappa shape index (κ2) is 4.56. The van der Waals surface area contributed by atoms with Crippen LogP contribution in [0.4, 0.5) is 5.00 Å². The van der Waals surface area contributed by atoms with Gasteiger partial charge in [0.2, 0.25) is 0 Å². The van der Waals surface area contributed by atoms with Crippen LogP contribution in [0, 0.1) is 18.3 Å². The molecule has 5 heteroatoms.